The zero-order valence-corrected chi connectivity index (χ0v) is 22.4. The molecule has 1 aromatic carbocycles. The minimum absolute atomic E-state index is 0.101. The SMILES string of the molecule is CC1(C)CC(=O)c2c(CC3CC3)nn(-c3ccc(C(N)=O)c(NC4CCC(OC(=O)CCN)CC4)c3)c2C1. The van der Waals surface area contributed by atoms with E-state index in [-0.39, 0.29) is 42.3 Å². The van der Waals surface area contributed by atoms with Crippen LogP contribution < -0.4 is 16.8 Å². The van der Waals surface area contributed by atoms with E-state index >= 15 is 0 Å². The molecule has 0 atom stereocenters. The summed E-state index contributed by atoms with van der Waals surface area (Å²) in [6, 6.07) is 5.64. The molecule has 0 radical (unpaired) electrons. The fourth-order valence-electron chi connectivity index (χ4n) is 5.89. The number of nitrogens with zero attached hydrogens (tertiary/aromatic N) is 2. The van der Waals surface area contributed by atoms with Gasteiger partial charge in [-0.3, -0.25) is 14.4 Å². The van der Waals surface area contributed by atoms with Crippen molar-refractivity contribution in [3.05, 3.63) is 40.7 Å². The molecule has 1 amide bonds. The molecule has 9 heteroatoms. The van der Waals surface area contributed by atoms with Crippen LogP contribution in [0.3, 0.4) is 0 Å². The monoisotopic (exact) mass is 521 g/mol. The second kappa shape index (κ2) is 10.5. The van der Waals surface area contributed by atoms with E-state index in [0.29, 0.717) is 23.6 Å². The number of primary amides is 1. The molecule has 2 fully saturated rings. The Bertz CT molecular complexity index is 1240. The maximum Gasteiger partial charge on any atom is 0.307 e. The van der Waals surface area contributed by atoms with Crippen molar-refractivity contribution in [1.29, 1.82) is 0 Å². The molecule has 1 aromatic heterocycles. The molecule has 0 bridgehead atoms. The standard InChI is InChI=1S/C29H39N5O4/c1-29(2)15-24-27(25(35)16-29)23(13-17-3-4-17)33-34(24)19-7-10-21(28(31)37)22(14-19)32-18-5-8-20(9-6-18)38-26(36)11-12-30/h7,10,14,17-18,20,32H,3-6,8-9,11-13,15-16,30H2,1-2H3,(H2,31,37). The molecule has 0 aliphatic heterocycles. The quantitative estimate of drug-likeness (QED) is 0.427. The van der Waals surface area contributed by atoms with Crippen molar-refractivity contribution >= 4 is 23.3 Å². The van der Waals surface area contributed by atoms with E-state index < -0.39 is 5.91 Å². The summed E-state index contributed by atoms with van der Waals surface area (Å²) in [6.07, 6.45) is 7.73. The van der Waals surface area contributed by atoms with Crippen LogP contribution in [0.1, 0.15) is 97.3 Å². The van der Waals surface area contributed by atoms with Crippen molar-refractivity contribution in [3.8, 4) is 5.69 Å². The number of Topliss-reactive ketones (excluding diaryl/α,β-unsaturated/α-hetero) is 1. The molecule has 2 aromatic rings. The summed E-state index contributed by atoms with van der Waals surface area (Å²) in [7, 11) is 0. The van der Waals surface area contributed by atoms with Gasteiger partial charge >= 0.3 is 5.97 Å². The third-order valence-corrected chi connectivity index (χ3v) is 7.99. The number of carbonyl (C=O) groups is 3. The van der Waals surface area contributed by atoms with Crippen LogP contribution in [-0.4, -0.2) is 46.1 Å². The second-order valence-electron chi connectivity index (χ2n) is 12.0. The van der Waals surface area contributed by atoms with Crippen LogP contribution in [0, 0.1) is 11.3 Å². The fraction of sp³-hybridized carbons (Fsp3) is 0.586. The van der Waals surface area contributed by atoms with E-state index in [1.807, 2.05) is 16.8 Å². The Morgan fingerprint density at radius 3 is 2.53 bits per heavy atom. The van der Waals surface area contributed by atoms with Crippen molar-refractivity contribution in [2.75, 3.05) is 11.9 Å². The summed E-state index contributed by atoms with van der Waals surface area (Å²) < 4.78 is 7.43. The largest absolute Gasteiger partial charge is 0.462 e. The Balaban J connectivity index is 1.40. The van der Waals surface area contributed by atoms with Crippen molar-refractivity contribution in [2.45, 2.75) is 90.2 Å². The summed E-state index contributed by atoms with van der Waals surface area (Å²) in [6.45, 7) is 4.53. The van der Waals surface area contributed by atoms with Gasteiger partial charge in [-0.2, -0.15) is 5.10 Å². The first-order valence-electron chi connectivity index (χ1n) is 13.9. The molecule has 0 saturated heterocycles. The van der Waals surface area contributed by atoms with E-state index in [1.165, 1.54) is 12.8 Å². The normalized spacial score (nSPS) is 22.6. The predicted molar refractivity (Wildman–Crippen MR) is 144 cm³/mol. The minimum atomic E-state index is -0.503. The molecule has 1 heterocycles. The van der Waals surface area contributed by atoms with E-state index in [9.17, 15) is 14.4 Å². The van der Waals surface area contributed by atoms with Gasteiger partial charge in [0, 0.05) is 24.7 Å². The number of aromatic nitrogens is 2. The average molecular weight is 522 g/mol. The summed E-state index contributed by atoms with van der Waals surface area (Å²) in [4.78, 5) is 37.3. The zero-order chi connectivity index (χ0) is 27.0. The molecular weight excluding hydrogens is 482 g/mol. The predicted octanol–water partition coefficient (Wildman–Crippen LogP) is 3.69. The molecule has 0 spiro atoms. The lowest BCUT2D eigenvalue weighted by Gasteiger charge is -2.30. The topological polar surface area (TPSA) is 142 Å². The van der Waals surface area contributed by atoms with Gasteiger partial charge in [-0.05, 0) is 80.9 Å². The number of nitrogens with one attached hydrogen (secondary N) is 1. The smallest absolute Gasteiger partial charge is 0.307 e. The molecule has 5 rings (SSSR count). The van der Waals surface area contributed by atoms with E-state index in [1.54, 1.807) is 6.07 Å². The minimum Gasteiger partial charge on any atom is -0.462 e. The maximum absolute atomic E-state index is 13.2. The lowest BCUT2D eigenvalue weighted by molar-refractivity contribution is -0.150. The highest BCUT2D eigenvalue weighted by atomic mass is 16.5. The number of hydrogen-bond acceptors (Lipinski definition) is 7. The highest BCUT2D eigenvalue weighted by Crippen LogP contribution is 2.40. The molecule has 204 valence electrons. The van der Waals surface area contributed by atoms with Gasteiger partial charge in [0.25, 0.3) is 5.91 Å². The number of esters is 1. The Hall–Kier alpha value is -3.20. The first-order chi connectivity index (χ1) is 18.1. The van der Waals surface area contributed by atoms with Crippen LogP contribution >= 0.6 is 0 Å². The number of rotatable bonds is 9. The molecule has 3 aliphatic rings. The zero-order valence-electron chi connectivity index (χ0n) is 22.4. The maximum atomic E-state index is 13.2. The average Bonchev–Trinajstić information content (AvgIpc) is 3.59. The Morgan fingerprint density at radius 2 is 1.87 bits per heavy atom. The Morgan fingerprint density at radius 1 is 1.13 bits per heavy atom. The van der Waals surface area contributed by atoms with Gasteiger partial charge in [0.05, 0.1) is 34.6 Å². The molecule has 2 saturated carbocycles. The third-order valence-electron chi connectivity index (χ3n) is 7.99. The number of nitrogens with two attached hydrogens (primary N) is 2. The number of carbonyl (C=O) groups excluding carboxylic acids is 3. The van der Waals surface area contributed by atoms with Crippen LogP contribution in [0.4, 0.5) is 5.69 Å². The van der Waals surface area contributed by atoms with Gasteiger partial charge < -0.3 is 21.5 Å². The van der Waals surface area contributed by atoms with Crippen LogP contribution in [0.5, 0.6) is 0 Å². The van der Waals surface area contributed by atoms with E-state index in [0.717, 1.165) is 61.2 Å². The number of ether oxygens (including phenoxy) is 1. The number of benzene rings is 1. The van der Waals surface area contributed by atoms with Crippen LogP contribution in [0.15, 0.2) is 18.2 Å². The van der Waals surface area contributed by atoms with Crippen molar-refractivity contribution in [3.63, 3.8) is 0 Å². The Kier molecular flexibility index (Phi) is 7.31. The van der Waals surface area contributed by atoms with E-state index in [4.69, 9.17) is 21.3 Å². The molecule has 0 unspecified atom stereocenters. The highest BCUT2D eigenvalue weighted by molar-refractivity contribution is 6.00. The van der Waals surface area contributed by atoms with Crippen molar-refractivity contribution < 1.29 is 19.1 Å². The van der Waals surface area contributed by atoms with Gasteiger partial charge in [0.1, 0.15) is 6.10 Å². The number of ketones is 1. The lowest BCUT2D eigenvalue weighted by atomic mass is 9.75. The number of anilines is 1. The lowest BCUT2D eigenvalue weighted by Crippen LogP contribution is -2.32. The van der Waals surface area contributed by atoms with Gasteiger partial charge in [-0.15, -0.1) is 0 Å². The highest BCUT2D eigenvalue weighted by Gasteiger charge is 2.38. The molecule has 38 heavy (non-hydrogen) atoms. The van der Waals surface area contributed by atoms with Crippen molar-refractivity contribution in [1.82, 2.24) is 9.78 Å². The number of amides is 1. The molecule has 3 aliphatic carbocycles. The first-order valence-corrected chi connectivity index (χ1v) is 13.9. The molecular formula is C29H39N5O4. The van der Waals surface area contributed by atoms with Crippen LogP contribution in [0.2, 0.25) is 0 Å². The van der Waals surface area contributed by atoms with Gasteiger partial charge in [0.15, 0.2) is 5.78 Å². The first kappa shape index (κ1) is 26.4. The van der Waals surface area contributed by atoms with Gasteiger partial charge in [-0.25, -0.2) is 4.68 Å². The van der Waals surface area contributed by atoms with Crippen molar-refractivity contribution in [2.24, 2.45) is 22.8 Å². The molecule has 5 N–H and O–H groups in total. The Labute approximate surface area is 223 Å². The number of fused-ring (bicyclic) bond motifs is 1. The van der Waals surface area contributed by atoms with Crippen LogP contribution in [-0.2, 0) is 22.4 Å². The molecule has 9 nitrogen and oxygen atoms in total. The van der Waals surface area contributed by atoms with Gasteiger partial charge in [-0.1, -0.05) is 13.8 Å². The van der Waals surface area contributed by atoms with E-state index in [2.05, 4.69) is 19.2 Å². The summed E-state index contributed by atoms with van der Waals surface area (Å²) in [5.41, 5.74) is 15.6. The number of hydrogen-bond donors (Lipinski definition) is 3. The van der Waals surface area contributed by atoms with Gasteiger partial charge in [0.2, 0.25) is 0 Å². The fourth-order valence-corrected chi connectivity index (χ4v) is 5.89. The third kappa shape index (κ3) is 5.77. The summed E-state index contributed by atoms with van der Waals surface area (Å²) >= 11 is 0. The summed E-state index contributed by atoms with van der Waals surface area (Å²) in [5.74, 6) is 0.0353. The van der Waals surface area contributed by atoms with Crippen LogP contribution in [0.25, 0.3) is 5.69 Å². The summed E-state index contributed by atoms with van der Waals surface area (Å²) in [5, 5.41) is 8.49. The second-order valence-corrected chi connectivity index (χ2v) is 12.0.